The molecule has 118 valence electrons. The van der Waals surface area contributed by atoms with Gasteiger partial charge in [-0.2, -0.15) is 4.31 Å². The van der Waals surface area contributed by atoms with Gasteiger partial charge in [-0.25, -0.2) is 13.4 Å². The van der Waals surface area contributed by atoms with E-state index in [1.807, 2.05) is 0 Å². The van der Waals surface area contributed by atoms with Crippen LogP contribution in [0.15, 0.2) is 17.2 Å². The van der Waals surface area contributed by atoms with Gasteiger partial charge in [-0.15, -0.1) is 0 Å². The second-order valence-corrected chi connectivity index (χ2v) is 8.08. The van der Waals surface area contributed by atoms with E-state index in [1.54, 1.807) is 7.05 Å². The third kappa shape index (κ3) is 3.49. The maximum absolute atomic E-state index is 12.6. The zero-order valence-electron chi connectivity index (χ0n) is 12.6. The molecule has 1 aromatic rings. The van der Waals surface area contributed by atoms with Crippen molar-refractivity contribution in [3.63, 3.8) is 0 Å². The number of halogens is 1. The van der Waals surface area contributed by atoms with Gasteiger partial charge in [-0.1, -0.05) is 25.4 Å². The first-order valence-electron chi connectivity index (χ1n) is 7.19. The molecule has 0 spiro atoms. The zero-order valence-corrected chi connectivity index (χ0v) is 14.2. The Morgan fingerprint density at radius 1 is 1.38 bits per heavy atom. The Hall–Kier alpha value is -0.850. The fourth-order valence-electron chi connectivity index (χ4n) is 2.68. The van der Waals surface area contributed by atoms with E-state index in [4.69, 9.17) is 11.6 Å². The first-order chi connectivity index (χ1) is 9.86. The molecule has 0 saturated carbocycles. The molecule has 0 bridgehead atoms. The quantitative estimate of drug-likeness (QED) is 0.921. The van der Waals surface area contributed by atoms with E-state index in [0.29, 0.717) is 35.8 Å². The standard InChI is InChI=1S/C14H22ClN3O2S/c1-10(2)11-4-6-18(7-5-11)21(19,20)12-8-13(15)14(16-3)17-9-12/h8-11H,4-7H2,1-3H3,(H,16,17). The van der Waals surface area contributed by atoms with Crippen molar-refractivity contribution in [3.8, 4) is 0 Å². The van der Waals surface area contributed by atoms with Gasteiger partial charge in [0.15, 0.2) is 0 Å². The first-order valence-corrected chi connectivity index (χ1v) is 9.01. The van der Waals surface area contributed by atoms with Crippen LogP contribution in [-0.2, 0) is 10.0 Å². The molecule has 0 aromatic carbocycles. The number of sulfonamides is 1. The molecule has 1 aliphatic heterocycles. The molecule has 1 saturated heterocycles. The van der Waals surface area contributed by atoms with Crippen LogP contribution in [0.2, 0.25) is 5.02 Å². The highest BCUT2D eigenvalue weighted by Crippen LogP contribution is 2.29. The molecule has 2 heterocycles. The summed E-state index contributed by atoms with van der Waals surface area (Å²) in [7, 11) is -1.81. The van der Waals surface area contributed by atoms with Crippen molar-refractivity contribution >= 4 is 27.4 Å². The van der Waals surface area contributed by atoms with Gasteiger partial charge < -0.3 is 5.32 Å². The minimum Gasteiger partial charge on any atom is -0.372 e. The van der Waals surface area contributed by atoms with Crippen molar-refractivity contribution in [3.05, 3.63) is 17.3 Å². The van der Waals surface area contributed by atoms with Crippen LogP contribution in [0.1, 0.15) is 26.7 Å². The summed E-state index contributed by atoms with van der Waals surface area (Å²) in [5, 5.41) is 3.14. The summed E-state index contributed by atoms with van der Waals surface area (Å²) < 4.78 is 26.8. The number of nitrogens with zero attached hydrogens (tertiary/aromatic N) is 2. The van der Waals surface area contributed by atoms with E-state index in [-0.39, 0.29) is 4.90 Å². The number of pyridine rings is 1. The van der Waals surface area contributed by atoms with Crippen LogP contribution in [0.4, 0.5) is 5.82 Å². The van der Waals surface area contributed by atoms with E-state index in [2.05, 4.69) is 24.1 Å². The monoisotopic (exact) mass is 331 g/mol. The van der Waals surface area contributed by atoms with Gasteiger partial charge in [-0.3, -0.25) is 0 Å². The lowest BCUT2D eigenvalue weighted by molar-refractivity contribution is 0.226. The molecule has 0 unspecified atom stereocenters. The molecule has 0 aliphatic carbocycles. The Labute approximate surface area is 131 Å². The average molecular weight is 332 g/mol. The number of piperidine rings is 1. The lowest BCUT2D eigenvalue weighted by atomic mass is 9.87. The van der Waals surface area contributed by atoms with E-state index < -0.39 is 10.0 Å². The van der Waals surface area contributed by atoms with Crippen molar-refractivity contribution in [2.45, 2.75) is 31.6 Å². The summed E-state index contributed by atoms with van der Waals surface area (Å²) >= 11 is 6.03. The van der Waals surface area contributed by atoms with Gasteiger partial charge in [0.05, 0.1) is 5.02 Å². The molecule has 0 amide bonds. The normalized spacial score (nSPS) is 18.1. The predicted octanol–water partition coefficient (Wildman–Crippen LogP) is 2.83. The Kier molecular flexibility index (Phi) is 5.11. The smallest absolute Gasteiger partial charge is 0.244 e. The van der Waals surface area contributed by atoms with Gasteiger partial charge in [0.25, 0.3) is 0 Å². The van der Waals surface area contributed by atoms with Crippen LogP contribution in [0.3, 0.4) is 0 Å². The largest absolute Gasteiger partial charge is 0.372 e. The number of rotatable bonds is 4. The summed E-state index contributed by atoms with van der Waals surface area (Å²) in [5.74, 6) is 1.68. The van der Waals surface area contributed by atoms with Crippen molar-refractivity contribution < 1.29 is 8.42 Å². The predicted molar refractivity (Wildman–Crippen MR) is 85.1 cm³/mol. The number of anilines is 1. The summed E-state index contributed by atoms with van der Waals surface area (Å²) in [5.41, 5.74) is 0. The fraction of sp³-hybridized carbons (Fsp3) is 0.643. The molecule has 0 atom stereocenters. The van der Waals surface area contributed by atoms with Crippen LogP contribution in [0, 0.1) is 11.8 Å². The molecular weight excluding hydrogens is 310 g/mol. The second kappa shape index (κ2) is 6.50. The molecule has 7 heteroatoms. The molecule has 21 heavy (non-hydrogen) atoms. The Bertz CT molecular complexity index is 596. The van der Waals surface area contributed by atoms with E-state index >= 15 is 0 Å². The topological polar surface area (TPSA) is 62.3 Å². The summed E-state index contributed by atoms with van der Waals surface area (Å²) in [4.78, 5) is 4.21. The molecule has 0 radical (unpaired) electrons. The van der Waals surface area contributed by atoms with Crippen LogP contribution in [-0.4, -0.2) is 37.8 Å². The highest BCUT2D eigenvalue weighted by atomic mass is 35.5. The van der Waals surface area contributed by atoms with Gasteiger partial charge in [-0.05, 0) is 30.7 Å². The SMILES string of the molecule is CNc1ncc(S(=O)(=O)N2CCC(C(C)C)CC2)cc1Cl. The molecule has 1 aliphatic rings. The number of hydrogen-bond acceptors (Lipinski definition) is 4. The maximum Gasteiger partial charge on any atom is 0.244 e. The molecular formula is C14H22ClN3O2S. The van der Waals surface area contributed by atoms with Crippen LogP contribution in [0.25, 0.3) is 0 Å². The van der Waals surface area contributed by atoms with Crippen LogP contribution in [0.5, 0.6) is 0 Å². The van der Waals surface area contributed by atoms with Crippen molar-refractivity contribution in [2.24, 2.45) is 11.8 Å². The van der Waals surface area contributed by atoms with E-state index in [1.165, 1.54) is 16.6 Å². The first kappa shape index (κ1) is 16.5. The number of nitrogens with one attached hydrogen (secondary N) is 1. The summed E-state index contributed by atoms with van der Waals surface area (Å²) in [6.07, 6.45) is 3.18. The van der Waals surface area contributed by atoms with Gasteiger partial charge >= 0.3 is 0 Å². The highest BCUT2D eigenvalue weighted by Gasteiger charge is 2.30. The van der Waals surface area contributed by atoms with Gasteiger partial charge in [0.1, 0.15) is 10.7 Å². The van der Waals surface area contributed by atoms with E-state index in [9.17, 15) is 8.42 Å². The number of hydrogen-bond donors (Lipinski definition) is 1. The molecule has 2 rings (SSSR count). The zero-order chi connectivity index (χ0) is 15.6. The Balaban J connectivity index is 2.17. The Morgan fingerprint density at radius 3 is 2.48 bits per heavy atom. The third-order valence-electron chi connectivity index (χ3n) is 4.13. The van der Waals surface area contributed by atoms with Gasteiger partial charge in [0.2, 0.25) is 10.0 Å². The average Bonchev–Trinajstić information content (AvgIpc) is 2.47. The van der Waals surface area contributed by atoms with Crippen LogP contribution < -0.4 is 5.32 Å². The minimum absolute atomic E-state index is 0.162. The third-order valence-corrected chi connectivity index (χ3v) is 6.28. The van der Waals surface area contributed by atoms with E-state index in [0.717, 1.165) is 12.8 Å². The second-order valence-electron chi connectivity index (χ2n) is 5.74. The van der Waals surface area contributed by atoms with Crippen LogP contribution >= 0.6 is 11.6 Å². The fourth-order valence-corrected chi connectivity index (χ4v) is 4.45. The molecule has 5 nitrogen and oxygen atoms in total. The molecule has 1 aromatic heterocycles. The Morgan fingerprint density at radius 2 is 2.00 bits per heavy atom. The lowest BCUT2D eigenvalue weighted by Crippen LogP contribution is -2.39. The molecule has 1 N–H and O–H groups in total. The van der Waals surface area contributed by atoms with Gasteiger partial charge in [0, 0.05) is 26.3 Å². The minimum atomic E-state index is -3.50. The number of aromatic nitrogens is 1. The lowest BCUT2D eigenvalue weighted by Gasteiger charge is -2.33. The summed E-state index contributed by atoms with van der Waals surface area (Å²) in [6, 6.07) is 1.46. The van der Waals surface area contributed by atoms with Crippen molar-refractivity contribution in [2.75, 3.05) is 25.5 Å². The molecule has 1 fully saturated rings. The highest BCUT2D eigenvalue weighted by molar-refractivity contribution is 7.89. The summed E-state index contributed by atoms with van der Waals surface area (Å²) in [6.45, 7) is 5.51. The van der Waals surface area contributed by atoms with Crippen molar-refractivity contribution in [1.29, 1.82) is 0 Å². The van der Waals surface area contributed by atoms with Crippen molar-refractivity contribution in [1.82, 2.24) is 9.29 Å². The maximum atomic E-state index is 12.6.